The van der Waals surface area contributed by atoms with Crippen molar-refractivity contribution in [2.45, 2.75) is 50.1 Å². The van der Waals surface area contributed by atoms with Crippen LogP contribution in [0.25, 0.3) is 0 Å². The third kappa shape index (κ3) is 3.05. The third-order valence-electron chi connectivity index (χ3n) is 3.99. The zero-order valence-corrected chi connectivity index (χ0v) is 11.3. The van der Waals surface area contributed by atoms with Gasteiger partial charge in [0.05, 0.1) is 17.7 Å². The monoisotopic (exact) mass is 299 g/mol. The van der Waals surface area contributed by atoms with Crippen LogP contribution in [-0.2, 0) is 17.3 Å². The number of halogens is 3. The molecule has 1 aliphatic heterocycles. The summed E-state index contributed by atoms with van der Waals surface area (Å²) < 4.78 is 44.5. The van der Waals surface area contributed by atoms with Crippen LogP contribution < -0.4 is 0 Å². The minimum absolute atomic E-state index is 0.0264. The van der Waals surface area contributed by atoms with E-state index in [4.69, 9.17) is 4.74 Å². The summed E-state index contributed by atoms with van der Waals surface area (Å²) in [6, 6.07) is 5.45. The predicted octanol–water partition coefficient (Wildman–Crippen LogP) is 2.96. The van der Waals surface area contributed by atoms with Crippen LogP contribution in [0.3, 0.4) is 0 Å². The molecule has 0 aromatic heterocycles. The molecule has 0 spiro atoms. The van der Waals surface area contributed by atoms with E-state index in [1.165, 1.54) is 12.1 Å². The van der Waals surface area contributed by atoms with Crippen molar-refractivity contribution < 1.29 is 23.0 Å². The smallest absolute Gasteiger partial charge is 0.416 e. The lowest BCUT2D eigenvalue weighted by atomic mass is 9.91. The molecule has 114 valence electrons. The van der Waals surface area contributed by atoms with Crippen molar-refractivity contribution >= 4 is 5.90 Å². The van der Waals surface area contributed by atoms with Crippen LogP contribution >= 0.6 is 0 Å². The molecule has 1 aliphatic carbocycles. The van der Waals surface area contributed by atoms with E-state index in [1.807, 2.05) is 0 Å². The average Bonchev–Trinajstić information content (AvgIpc) is 2.79. The van der Waals surface area contributed by atoms with Crippen LogP contribution in [0, 0.1) is 0 Å². The van der Waals surface area contributed by atoms with Gasteiger partial charge in [0.2, 0.25) is 0 Å². The Morgan fingerprint density at radius 1 is 1.24 bits per heavy atom. The molecule has 3 atom stereocenters. The van der Waals surface area contributed by atoms with Crippen LogP contribution in [0.2, 0.25) is 0 Å². The molecule has 1 N–H and O–H groups in total. The summed E-state index contributed by atoms with van der Waals surface area (Å²) in [6.07, 6.45) is -3.04. The molecule has 3 rings (SSSR count). The number of fused-ring (bicyclic) bond motifs is 1. The molecule has 0 bridgehead atoms. The van der Waals surface area contributed by atoms with Crippen molar-refractivity contribution in [3.05, 3.63) is 35.4 Å². The number of rotatable bonds is 2. The van der Waals surface area contributed by atoms with Gasteiger partial charge < -0.3 is 9.84 Å². The van der Waals surface area contributed by atoms with Gasteiger partial charge in [0.15, 0.2) is 5.90 Å². The molecule has 1 aromatic rings. The van der Waals surface area contributed by atoms with Gasteiger partial charge in [-0.2, -0.15) is 13.2 Å². The molecule has 21 heavy (non-hydrogen) atoms. The van der Waals surface area contributed by atoms with Gasteiger partial charge in [0, 0.05) is 12.8 Å². The summed E-state index contributed by atoms with van der Waals surface area (Å²) in [5.41, 5.74) is -0.478. The molecule has 0 amide bonds. The van der Waals surface area contributed by atoms with Gasteiger partial charge in [0.25, 0.3) is 0 Å². The zero-order chi connectivity index (χ0) is 15.0. The molecule has 6 heteroatoms. The second-order valence-corrected chi connectivity index (χ2v) is 5.55. The Morgan fingerprint density at radius 2 is 2.00 bits per heavy atom. The van der Waals surface area contributed by atoms with E-state index in [9.17, 15) is 18.3 Å². The fourth-order valence-corrected chi connectivity index (χ4v) is 2.96. The Hall–Kier alpha value is -1.56. The first-order valence-corrected chi connectivity index (χ1v) is 7.00. The van der Waals surface area contributed by atoms with Gasteiger partial charge in [0.1, 0.15) is 6.10 Å². The Balaban J connectivity index is 1.77. The Morgan fingerprint density at radius 3 is 2.76 bits per heavy atom. The third-order valence-corrected chi connectivity index (χ3v) is 3.99. The maximum Gasteiger partial charge on any atom is 0.416 e. The second kappa shape index (κ2) is 5.33. The van der Waals surface area contributed by atoms with Crippen molar-refractivity contribution in [1.29, 1.82) is 0 Å². The zero-order valence-electron chi connectivity index (χ0n) is 11.3. The normalized spacial score (nSPS) is 28.8. The molecule has 1 heterocycles. The van der Waals surface area contributed by atoms with Crippen LogP contribution in [-0.4, -0.2) is 29.3 Å². The van der Waals surface area contributed by atoms with Crippen molar-refractivity contribution in [1.82, 2.24) is 0 Å². The molecular formula is C15H16F3NO2. The quantitative estimate of drug-likeness (QED) is 0.912. The molecular weight excluding hydrogens is 283 g/mol. The summed E-state index contributed by atoms with van der Waals surface area (Å²) in [5.74, 6) is 0.343. The number of ether oxygens (including phenoxy) is 1. The lowest BCUT2D eigenvalue weighted by Gasteiger charge is -2.26. The fraction of sp³-hybridized carbons (Fsp3) is 0.533. The van der Waals surface area contributed by atoms with E-state index in [-0.39, 0.29) is 24.1 Å². The number of hydrogen-bond donors (Lipinski definition) is 1. The fourth-order valence-electron chi connectivity index (χ4n) is 2.96. The van der Waals surface area contributed by atoms with E-state index >= 15 is 0 Å². The highest BCUT2D eigenvalue weighted by molar-refractivity contribution is 5.81. The van der Waals surface area contributed by atoms with E-state index in [1.54, 1.807) is 6.07 Å². The molecule has 0 saturated heterocycles. The first-order chi connectivity index (χ1) is 9.93. The Bertz CT molecular complexity index is 556. The summed E-state index contributed by atoms with van der Waals surface area (Å²) >= 11 is 0. The Kier molecular flexibility index (Phi) is 3.65. The highest BCUT2D eigenvalue weighted by Gasteiger charge is 2.38. The topological polar surface area (TPSA) is 41.8 Å². The molecule has 2 aliphatic rings. The molecule has 3 unspecified atom stereocenters. The van der Waals surface area contributed by atoms with Crippen LogP contribution in [0.5, 0.6) is 0 Å². The molecule has 0 radical (unpaired) electrons. The first-order valence-electron chi connectivity index (χ1n) is 7.00. The standard InChI is InChI=1S/C15H16F3NO2/c16-15(17,18)11-4-2-1-3-9(11)7-14-19-12-6-5-10(20)8-13(12)21-14/h1-4,10,12-13,20H,5-8H2. The van der Waals surface area contributed by atoms with Gasteiger partial charge in [-0.3, -0.25) is 0 Å². The van der Waals surface area contributed by atoms with E-state index in [2.05, 4.69) is 4.99 Å². The lowest BCUT2D eigenvalue weighted by Crippen LogP contribution is -2.33. The predicted molar refractivity (Wildman–Crippen MR) is 71.1 cm³/mol. The number of aliphatic imine (C=N–C) groups is 1. The van der Waals surface area contributed by atoms with Crippen molar-refractivity contribution in [2.75, 3.05) is 0 Å². The number of aliphatic hydroxyl groups is 1. The minimum Gasteiger partial charge on any atom is -0.475 e. The molecule has 1 fully saturated rings. The maximum absolute atomic E-state index is 13.0. The summed E-state index contributed by atoms with van der Waals surface area (Å²) in [6.45, 7) is 0. The van der Waals surface area contributed by atoms with Gasteiger partial charge in [-0.15, -0.1) is 0 Å². The van der Waals surface area contributed by atoms with Crippen LogP contribution in [0.15, 0.2) is 29.3 Å². The van der Waals surface area contributed by atoms with Gasteiger partial charge in [-0.1, -0.05) is 18.2 Å². The highest BCUT2D eigenvalue weighted by Crippen LogP contribution is 2.34. The van der Waals surface area contributed by atoms with Crippen molar-refractivity contribution in [2.24, 2.45) is 4.99 Å². The lowest BCUT2D eigenvalue weighted by molar-refractivity contribution is -0.138. The number of nitrogens with zero attached hydrogens (tertiary/aromatic N) is 1. The Labute approximate surface area is 120 Å². The first kappa shape index (κ1) is 14.4. The van der Waals surface area contributed by atoms with Gasteiger partial charge >= 0.3 is 6.18 Å². The van der Waals surface area contributed by atoms with Crippen molar-refractivity contribution in [3.8, 4) is 0 Å². The van der Waals surface area contributed by atoms with Crippen LogP contribution in [0.1, 0.15) is 30.4 Å². The minimum atomic E-state index is -4.38. The van der Waals surface area contributed by atoms with Gasteiger partial charge in [-0.25, -0.2) is 4.99 Å². The summed E-state index contributed by atoms with van der Waals surface area (Å²) in [5, 5.41) is 9.60. The largest absolute Gasteiger partial charge is 0.475 e. The summed E-state index contributed by atoms with van der Waals surface area (Å²) in [4.78, 5) is 4.38. The van der Waals surface area contributed by atoms with E-state index in [0.29, 0.717) is 18.7 Å². The molecule has 1 saturated carbocycles. The number of alkyl halides is 3. The van der Waals surface area contributed by atoms with E-state index < -0.39 is 17.8 Å². The second-order valence-electron chi connectivity index (χ2n) is 5.55. The average molecular weight is 299 g/mol. The highest BCUT2D eigenvalue weighted by atomic mass is 19.4. The van der Waals surface area contributed by atoms with Crippen LogP contribution in [0.4, 0.5) is 13.2 Å². The van der Waals surface area contributed by atoms with Gasteiger partial charge in [-0.05, 0) is 24.5 Å². The molecule has 3 nitrogen and oxygen atoms in total. The SMILES string of the molecule is OC1CCC2N=C(Cc3ccccc3C(F)(F)F)OC2C1. The number of hydrogen-bond acceptors (Lipinski definition) is 3. The summed E-state index contributed by atoms with van der Waals surface area (Å²) in [7, 11) is 0. The van der Waals surface area contributed by atoms with E-state index in [0.717, 1.165) is 12.5 Å². The van der Waals surface area contributed by atoms with Crippen molar-refractivity contribution in [3.63, 3.8) is 0 Å². The number of benzene rings is 1. The number of aliphatic hydroxyl groups excluding tert-OH is 1. The maximum atomic E-state index is 13.0. The molecule has 1 aromatic carbocycles.